The van der Waals surface area contributed by atoms with Crippen LogP contribution in [0.3, 0.4) is 0 Å². The molecule has 0 saturated heterocycles. The highest BCUT2D eigenvalue weighted by Gasteiger charge is 2.13. The van der Waals surface area contributed by atoms with Gasteiger partial charge in [-0.1, -0.05) is 183 Å². The van der Waals surface area contributed by atoms with Gasteiger partial charge in [0, 0.05) is 13.0 Å². The largest absolute Gasteiger partial charge is 0.457 e. The molecule has 0 aliphatic rings. The number of hydrogen-bond donors (Lipinski definition) is 1. The first kappa shape index (κ1) is 49.8. The Morgan fingerprint density at radius 3 is 1.31 bits per heavy atom. The van der Waals surface area contributed by atoms with Crippen LogP contribution < -0.4 is 0 Å². The monoisotopic (exact) mass is 725 g/mol. The molecule has 0 aliphatic heterocycles. The topological polar surface area (TPSA) is 55.8 Å². The molecule has 0 spiro atoms. The van der Waals surface area contributed by atoms with Crippen LogP contribution in [-0.4, -0.2) is 37.0 Å². The fraction of sp³-hybridized carbons (Fsp3) is 0.729. The van der Waals surface area contributed by atoms with Crippen molar-refractivity contribution < 1.29 is 19.4 Å². The number of rotatable bonds is 40. The molecule has 0 amide bonds. The van der Waals surface area contributed by atoms with Crippen molar-refractivity contribution in [1.29, 1.82) is 0 Å². The number of carbonyl (C=O) groups is 1. The lowest BCUT2D eigenvalue weighted by Crippen LogP contribution is -2.27. The van der Waals surface area contributed by atoms with Gasteiger partial charge in [-0.15, -0.1) is 0 Å². The lowest BCUT2D eigenvalue weighted by atomic mass is 10.0. The molecule has 0 aromatic carbocycles. The smallest absolute Gasteiger partial charge is 0.306 e. The van der Waals surface area contributed by atoms with Crippen LogP contribution in [0.5, 0.6) is 0 Å². The van der Waals surface area contributed by atoms with Crippen molar-refractivity contribution in [2.75, 3.05) is 19.8 Å². The molecule has 1 N–H and O–H groups in total. The number of aliphatic hydroxyl groups excluding tert-OH is 1. The molecular weight excluding hydrogens is 641 g/mol. The summed E-state index contributed by atoms with van der Waals surface area (Å²) in [7, 11) is 0. The van der Waals surface area contributed by atoms with Crippen LogP contribution in [0.1, 0.15) is 200 Å². The van der Waals surface area contributed by atoms with Crippen LogP contribution in [0.4, 0.5) is 0 Å². The number of unbranched alkanes of at least 4 members (excludes halogenated alkanes) is 20. The summed E-state index contributed by atoms with van der Waals surface area (Å²) in [4.78, 5) is 12.2. The van der Waals surface area contributed by atoms with Crippen LogP contribution in [0.2, 0.25) is 0 Å². The minimum Gasteiger partial charge on any atom is -0.457 e. The minimum atomic E-state index is -0.546. The van der Waals surface area contributed by atoms with Crippen molar-refractivity contribution in [3.63, 3.8) is 0 Å². The van der Waals surface area contributed by atoms with E-state index in [0.29, 0.717) is 13.0 Å². The lowest BCUT2D eigenvalue weighted by molar-refractivity contribution is -0.154. The number of aliphatic hydroxyl groups is 1. The average molecular weight is 725 g/mol. The first-order valence-corrected chi connectivity index (χ1v) is 22.0. The maximum absolute atomic E-state index is 12.2. The molecule has 0 saturated carbocycles. The van der Waals surface area contributed by atoms with Gasteiger partial charge in [0.1, 0.15) is 6.10 Å². The molecule has 0 aliphatic carbocycles. The molecule has 0 radical (unpaired) electrons. The zero-order chi connectivity index (χ0) is 37.7. The molecule has 4 nitrogen and oxygen atoms in total. The molecule has 300 valence electrons. The van der Waals surface area contributed by atoms with Gasteiger partial charge in [0.05, 0.1) is 13.2 Å². The van der Waals surface area contributed by atoms with Gasteiger partial charge in [0.2, 0.25) is 0 Å². The predicted molar refractivity (Wildman–Crippen MR) is 228 cm³/mol. The summed E-state index contributed by atoms with van der Waals surface area (Å²) in [6, 6.07) is 0. The van der Waals surface area contributed by atoms with Crippen molar-refractivity contribution in [2.45, 2.75) is 206 Å². The zero-order valence-electron chi connectivity index (χ0n) is 34.3. The van der Waals surface area contributed by atoms with E-state index >= 15 is 0 Å². The van der Waals surface area contributed by atoms with E-state index in [1.807, 2.05) is 0 Å². The summed E-state index contributed by atoms with van der Waals surface area (Å²) in [5.41, 5.74) is 0. The second kappa shape index (κ2) is 45.0. The maximum atomic E-state index is 12.2. The van der Waals surface area contributed by atoms with E-state index in [2.05, 4.69) is 86.8 Å². The van der Waals surface area contributed by atoms with Crippen molar-refractivity contribution in [1.82, 2.24) is 0 Å². The summed E-state index contributed by atoms with van der Waals surface area (Å²) >= 11 is 0. The van der Waals surface area contributed by atoms with Crippen LogP contribution >= 0.6 is 0 Å². The molecular formula is C48H84O4. The van der Waals surface area contributed by atoms with E-state index in [0.717, 1.165) is 57.8 Å². The second-order valence-electron chi connectivity index (χ2n) is 14.4. The standard InChI is InChI=1S/C48H84O4/c1-3-5-7-9-11-13-15-17-19-21-22-23-24-25-26-27-29-31-33-35-37-39-41-43-48(50)52-47(45-49)46-51-44-42-40-38-36-34-32-30-28-20-18-16-14-12-10-8-6-4-2/h5,7,11,13-14,16-17,19-20,22-23,28,47,49H,3-4,6,8-10,12,15,18,21,24-27,29-46H2,1-2H3/b7-5-,13-11-,16-14-,19-17-,23-22-,28-20-. The van der Waals surface area contributed by atoms with Gasteiger partial charge < -0.3 is 14.6 Å². The molecule has 0 aromatic rings. The van der Waals surface area contributed by atoms with Gasteiger partial charge >= 0.3 is 5.97 Å². The molecule has 1 unspecified atom stereocenters. The fourth-order valence-electron chi connectivity index (χ4n) is 6.00. The Kier molecular flexibility index (Phi) is 43.1. The Morgan fingerprint density at radius 2 is 0.865 bits per heavy atom. The van der Waals surface area contributed by atoms with Crippen LogP contribution in [-0.2, 0) is 14.3 Å². The Bertz CT molecular complexity index is 896. The molecule has 4 heteroatoms. The van der Waals surface area contributed by atoms with Gasteiger partial charge in [-0.05, 0) is 83.5 Å². The second-order valence-corrected chi connectivity index (χ2v) is 14.4. The van der Waals surface area contributed by atoms with E-state index in [-0.39, 0.29) is 19.2 Å². The summed E-state index contributed by atoms with van der Waals surface area (Å²) in [5.74, 6) is -0.211. The normalized spacial score (nSPS) is 13.1. The summed E-state index contributed by atoms with van der Waals surface area (Å²) in [6.45, 7) is 5.19. The molecule has 0 rings (SSSR count). The van der Waals surface area contributed by atoms with Gasteiger partial charge in [-0.2, -0.15) is 0 Å². The summed E-state index contributed by atoms with van der Waals surface area (Å²) < 4.78 is 11.2. The number of carbonyl (C=O) groups excluding carboxylic acids is 1. The Labute approximate surface area is 323 Å². The fourth-order valence-corrected chi connectivity index (χ4v) is 6.00. The van der Waals surface area contributed by atoms with Crippen molar-refractivity contribution in [2.24, 2.45) is 0 Å². The van der Waals surface area contributed by atoms with Gasteiger partial charge in [-0.3, -0.25) is 4.79 Å². The van der Waals surface area contributed by atoms with Crippen molar-refractivity contribution in [3.8, 4) is 0 Å². The highest BCUT2D eigenvalue weighted by molar-refractivity contribution is 5.69. The highest BCUT2D eigenvalue weighted by atomic mass is 16.6. The van der Waals surface area contributed by atoms with Crippen molar-refractivity contribution in [3.05, 3.63) is 72.9 Å². The number of ether oxygens (including phenoxy) is 2. The SMILES string of the molecule is CC/C=C\C/C=C\C/C=C\C/C=C\CCCCCCCCCCCCC(=O)OC(CO)COCCCCCCCC/C=C\C/C=C\CCCCCC. The highest BCUT2D eigenvalue weighted by Crippen LogP contribution is 2.13. The van der Waals surface area contributed by atoms with Gasteiger partial charge in [-0.25, -0.2) is 0 Å². The number of allylic oxidation sites excluding steroid dienone is 12. The molecule has 0 heterocycles. The average Bonchev–Trinajstić information content (AvgIpc) is 3.15. The minimum absolute atomic E-state index is 0.181. The van der Waals surface area contributed by atoms with E-state index in [1.165, 1.54) is 122 Å². The molecule has 1 atom stereocenters. The molecule has 0 aromatic heterocycles. The quantitative estimate of drug-likeness (QED) is 0.0388. The van der Waals surface area contributed by atoms with E-state index in [1.54, 1.807) is 0 Å². The lowest BCUT2D eigenvalue weighted by Gasteiger charge is -2.15. The van der Waals surface area contributed by atoms with Crippen LogP contribution in [0.15, 0.2) is 72.9 Å². The first-order chi connectivity index (χ1) is 25.7. The third-order valence-electron chi connectivity index (χ3n) is 9.27. The Balaban J connectivity index is 3.47. The predicted octanol–water partition coefficient (Wildman–Crippen LogP) is 14.6. The first-order valence-electron chi connectivity index (χ1n) is 22.0. The van der Waals surface area contributed by atoms with E-state index in [4.69, 9.17) is 9.47 Å². The summed E-state index contributed by atoms with van der Waals surface area (Å²) in [6.07, 6.45) is 61.0. The number of hydrogen-bond acceptors (Lipinski definition) is 4. The van der Waals surface area contributed by atoms with Gasteiger partial charge in [0.25, 0.3) is 0 Å². The number of esters is 1. The molecule has 0 fully saturated rings. The van der Waals surface area contributed by atoms with E-state index in [9.17, 15) is 9.90 Å². The molecule has 0 bridgehead atoms. The van der Waals surface area contributed by atoms with Crippen LogP contribution in [0.25, 0.3) is 0 Å². The molecule has 52 heavy (non-hydrogen) atoms. The van der Waals surface area contributed by atoms with Crippen molar-refractivity contribution >= 4 is 5.97 Å². The zero-order valence-corrected chi connectivity index (χ0v) is 34.3. The van der Waals surface area contributed by atoms with E-state index < -0.39 is 6.10 Å². The third-order valence-corrected chi connectivity index (χ3v) is 9.27. The summed E-state index contributed by atoms with van der Waals surface area (Å²) in [5, 5.41) is 9.61. The Hall–Kier alpha value is -2.17. The Morgan fingerprint density at radius 1 is 0.481 bits per heavy atom. The third kappa shape index (κ3) is 42.2. The maximum Gasteiger partial charge on any atom is 0.306 e. The van der Waals surface area contributed by atoms with Crippen LogP contribution in [0, 0.1) is 0 Å². The van der Waals surface area contributed by atoms with Gasteiger partial charge in [0.15, 0.2) is 0 Å².